The second kappa shape index (κ2) is 6.89. The quantitative estimate of drug-likeness (QED) is 0.781. The van der Waals surface area contributed by atoms with Crippen LogP contribution in [0.25, 0.3) is 0 Å². The lowest BCUT2D eigenvalue weighted by Gasteiger charge is -2.31. The SMILES string of the molecule is CCN(CC)C(=O)C1CCC(CCO)CC1. The van der Waals surface area contributed by atoms with Gasteiger partial charge in [0.05, 0.1) is 0 Å². The Morgan fingerprint density at radius 3 is 2.19 bits per heavy atom. The van der Waals surface area contributed by atoms with Crippen molar-refractivity contribution >= 4 is 5.91 Å². The van der Waals surface area contributed by atoms with E-state index in [1.54, 1.807) is 0 Å². The molecular formula is C13H25NO2. The van der Waals surface area contributed by atoms with Crippen molar-refractivity contribution in [2.75, 3.05) is 19.7 Å². The number of aliphatic hydroxyl groups excluding tert-OH is 1. The molecule has 1 amide bonds. The van der Waals surface area contributed by atoms with E-state index in [9.17, 15) is 4.79 Å². The normalized spacial score (nSPS) is 25.4. The molecule has 0 saturated heterocycles. The van der Waals surface area contributed by atoms with Crippen LogP contribution in [0.15, 0.2) is 0 Å². The van der Waals surface area contributed by atoms with E-state index in [0.29, 0.717) is 18.4 Å². The van der Waals surface area contributed by atoms with Gasteiger partial charge in [-0.05, 0) is 51.9 Å². The first kappa shape index (κ1) is 13.5. The molecule has 0 aromatic heterocycles. The van der Waals surface area contributed by atoms with E-state index in [1.807, 2.05) is 18.7 Å². The fourth-order valence-electron chi connectivity index (χ4n) is 2.67. The lowest BCUT2D eigenvalue weighted by molar-refractivity contribution is -0.136. The van der Waals surface area contributed by atoms with Crippen molar-refractivity contribution in [1.29, 1.82) is 0 Å². The van der Waals surface area contributed by atoms with Crippen LogP contribution < -0.4 is 0 Å². The van der Waals surface area contributed by atoms with Gasteiger partial charge in [0, 0.05) is 25.6 Å². The number of carbonyl (C=O) groups excluding carboxylic acids is 1. The number of hydrogen-bond donors (Lipinski definition) is 1. The van der Waals surface area contributed by atoms with E-state index in [-0.39, 0.29) is 5.92 Å². The molecule has 94 valence electrons. The van der Waals surface area contributed by atoms with Gasteiger partial charge >= 0.3 is 0 Å². The van der Waals surface area contributed by atoms with Crippen LogP contribution in [0.3, 0.4) is 0 Å². The van der Waals surface area contributed by atoms with E-state index in [4.69, 9.17) is 5.11 Å². The first-order valence-electron chi connectivity index (χ1n) is 6.62. The van der Waals surface area contributed by atoms with E-state index in [2.05, 4.69) is 0 Å². The Balaban J connectivity index is 2.38. The minimum Gasteiger partial charge on any atom is -0.396 e. The van der Waals surface area contributed by atoms with Crippen molar-refractivity contribution in [3.63, 3.8) is 0 Å². The molecule has 1 fully saturated rings. The van der Waals surface area contributed by atoms with Crippen LogP contribution in [0.2, 0.25) is 0 Å². The fraction of sp³-hybridized carbons (Fsp3) is 0.923. The van der Waals surface area contributed by atoms with Crippen LogP contribution in [0.5, 0.6) is 0 Å². The Hall–Kier alpha value is -0.570. The van der Waals surface area contributed by atoms with Crippen LogP contribution >= 0.6 is 0 Å². The molecule has 1 N–H and O–H groups in total. The second-order valence-electron chi connectivity index (χ2n) is 4.74. The zero-order chi connectivity index (χ0) is 12.0. The third-order valence-corrected chi connectivity index (χ3v) is 3.81. The maximum absolute atomic E-state index is 12.1. The number of hydrogen-bond acceptors (Lipinski definition) is 2. The number of rotatable bonds is 5. The van der Waals surface area contributed by atoms with Gasteiger partial charge in [0.1, 0.15) is 0 Å². The second-order valence-corrected chi connectivity index (χ2v) is 4.74. The maximum Gasteiger partial charge on any atom is 0.225 e. The summed E-state index contributed by atoms with van der Waals surface area (Å²) < 4.78 is 0. The molecule has 0 unspecified atom stereocenters. The first-order valence-corrected chi connectivity index (χ1v) is 6.62. The largest absolute Gasteiger partial charge is 0.396 e. The number of carbonyl (C=O) groups is 1. The molecule has 0 radical (unpaired) electrons. The Labute approximate surface area is 98.8 Å². The molecule has 1 aliphatic rings. The summed E-state index contributed by atoms with van der Waals surface area (Å²) in [6.45, 7) is 6.02. The average Bonchev–Trinajstić information content (AvgIpc) is 2.32. The summed E-state index contributed by atoms with van der Waals surface area (Å²) in [4.78, 5) is 14.0. The molecule has 3 nitrogen and oxygen atoms in total. The van der Waals surface area contributed by atoms with Gasteiger partial charge in [-0.2, -0.15) is 0 Å². The monoisotopic (exact) mass is 227 g/mol. The summed E-state index contributed by atoms with van der Waals surface area (Å²) in [6.07, 6.45) is 5.16. The number of amides is 1. The van der Waals surface area contributed by atoms with E-state index in [1.165, 1.54) is 0 Å². The zero-order valence-corrected chi connectivity index (χ0v) is 10.6. The third kappa shape index (κ3) is 3.48. The van der Waals surface area contributed by atoms with Crippen LogP contribution in [0, 0.1) is 11.8 Å². The van der Waals surface area contributed by atoms with Gasteiger partial charge < -0.3 is 10.0 Å². The molecule has 3 heteroatoms. The number of aliphatic hydroxyl groups is 1. The maximum atomic E-state index is 12.1. The Morgan fingerprint density at radius 1 is 1.19 bits per heavy atom. The average molecular weight is 227 g/mol. The van der Waals surface area contributed by atoms with E-state index in [0.717, 1.165) is 45.2 Å². The molecule has 0 bridgehead atoms. The predicted molar refractivity (Wildman–Crippen MR) is 65.1 cm³/mol. The highest BCUT2D eigenvalue weighted by atomic mass is 16.3. The third-order valence-electron chi connectivity index (χ3n) is 3.81. The van der Waals surface area contributed by atoms with Crippen molar-refractivity contribution in [2.24, 2.45) is 11.8 Å². The summed E-state index contributed by atoms with van der Waals surface area (Å²) in [6, 6.07) is 0. The lowest BCUT2D eigenvalue weighted by atomic mass is 9.80. The molecule has 1 aliphatic carbocycles. The molecule has 0 heterocycles. The Kier molecular flexibility index (Phi) is 5.81. The van der Waals surface area contributed by atoms with Gasteiger partial charge in [0.2, 0.25) is 5.91 Å². The molecule has 0 aliphatic heterocycles. The Bertz CT molecular complexity index is 206. The highest BCUT2D eigenvalue weighted by molar-refractivity contribution is 5.78. The molecule has 0 aromatic rings. The molecule has 1 rings (SSSR count). The van der Waals surface area contributed by atoms with Crippen molar-refractivity contribution < 1.29 is 9.90 Å². The molecule has 0 spiro atoms. The lowest BCUT2D eigenvalue weighted by Crippen LogP contribution is -2.37. The van der Waals surface area contributed by atoms with E-state index < -0.39 is 0 Å². The summed E-state index contributed by atoms with van der Waals surface area (Å²) in [5.74, 6) is 1.23. The molecule has 1 saturated carbocycles. The van der Waals surface area contributed by atoms with Crippen molar-refractivity contribution in [3.8, 4) is 0 Å². The van der Waals surface area contributed by atoms with Gasteiger partial charge in [-0.25, -0.2) is 0 Å². The highest BCUT2D eigenvalue weighted by Crippen LogP contribution is 2.31. The summed E-state index contributed by atoms with van der Waals surface area (Å²) in [5, 5.41) is 8.88. The Morgan fingerprint density at radius 2 is 1.75 bits per heavy atom. The molecule has 0 atom stereocenters. The predicted octanol–water partition coefficient (Wildman–Crippen LogP) is 2.04. The van der Waals surface area contributed by atoms with Gasteiger partial charge in [-0.3, -0.25) is 4.79 Å². The van der Waals surface area contributed by atoms with E-state index >= 15 is 0 Å². The van der Waals surface area contributed by atoms with Gasteiger partial charge in [0.15, 0.2) is 0 Å². The highest BCUT2D eigenvalue weighted by Gasteiger charge is 2.27. The van der Waals surface area contributed by atoms with Crippen LogP contribution in [0.1, 0.15) is 46.0 Å². The van der Waals surface area contributed by atoms with Crippen molar-refractivity contribution in [1.82, 2.24) is 4.90 Å². The van der Waals surface area contributed by atoms with Crippen LogP contribution in [-0.2, 0) is 4.79 Å². The number of nitrogens with zero attached hydrogens (tertiary/aromatic N) is 1. The topological polar surface area (TPSA) is 40.5 Å². The molecular weight excluding hydrogens is 202 g/mol. The minimum absolute atomic E-state index is 0.245. The van der Waals surface area contributed by atoms with Crippen LogP contribution in [0.4, 0.5) is 0 Å². The summed E-state index contributed by atoms with van der Waals surface area (Å²) >= 11 is 0. The standard InChI is InChI=1S/C13H25NO2/c1-3-14(4-2)13(16)12-7-5-11(6-8-12)9-10-15/h11-12,15H,3-10H2,1-2H3. The smallest absolute Gasteiger partial charge is 0.225 e. The zero-order valence-electron chi connectivity index (χ0n) is 10.6. The van der Waals surface area contributed by atoms with Gasteiger partial charge in [0.25, 0.3) is 0 Å². The van der Waals surface area contributed by atoms with Crippen LogP contribution in [-0.4, -0.2) is 35.6 Å². The minimum atomic E-state index is 0.245. The van der Waals surface area contributed by atoms with Crippen molar-refractivity contribution in [2.45, 2.75) is 46.0 Å². The fourth-order valence-corrected chi connectivity index (χ4v) is 2.67. The first-order chi connectivity index (χ1) is 7.72. The summed E-state index contributed by atoms with van der Waals surface area (Å²) in [5.41, 5.74) is 0. The molecule has 16 heavy (non-hydrogen) atoms. The van der Waals surface area contributed by atoms with Gasteiger partial charge in [-0.15, -0.1) is 0 Å². The van der Waals surface area contributed by atoms with Crippen molar-refractivity contribution in [3.05, 3.63) is 0 Å². The van der Waals surface area contributed by atoms with Gasteiger partial charge in [-0.1, -0.05) is 0 Å². The molecule has 0 aromatic carbocycles. The summed E-state index contributed by atoms with van der Waals surface area (Å²) in [7, 11) is 0.